The largest absolute Gasteiger partial charge is 0.493 e. The number of fused-ring (bicyclic) bond motifs is 1. The van der Waals surface area contributed by atoms with Crippen LogP contribution >= 0.6 is 0 Å². The van der Waals surface area contributed by atoms with Crippen LogP contribution in [0.3, 0.4) is 0 Å². The number of nitrogens with zero attached hydrogens (tertiary/aromatic N) is 1. The van der Waals surface area contributed by atoms with E-state index in [1.54, 1.807) is 0 Å². The van der Waals surface area contributed by atoms with Gasteiger partial charge in [-0.3, -0.25) is 0 Å². The molecule has 1 saturated heterocycles. The Balaban J connectivity index is 1.39. The molecule has 2 aromatic carbocycles. The minimum absolute atomic E-state index is 0.00430. The van der Waals surface area contributed by atoms with E-state index in [1.807, 2.05) is 0 Å². The highest BCUT2D eigenvalue weighted by atomic mass is 16.5. The average Bonchev–Trinajstić information content (AvgIpc) is 3.06. The molecule has 2 heteroatoms. The van der Waals surface area contributed by atoms with E-state index in [-0.39, 0.29) is 5.41 Å². The minimum atomic E-state index is 0.00430. The smallest absolute Gasteiger partial charge is 0.119 e. The van der Waals surface area contributed by atoms with Gasteiger partial charge in [-0.2, -0.15) is 0 Å². The Morgan fingerprint density at radius 1 is 0.920 bits per heavy atom. The van der Waals surface area contributed by atoms with Gasteiger partial charge in [0.05, 0.1) is 6.61 Å². The van der Waals surface area contributed by atoms with E-state index < -0.39 is 0 Å². The molecule has 0 bridgehead atoms. The Hall–Kier alpha value is -1.80. The van der Waals surface area contributed by atoms with Crippen LogP contribution in [0, 0.1) is 24.7 Å². The number of benzene rings is 2. The lowest BCUT2D eigenvalue weighted by Crippen LogP contribution is -2.21. The van der Waals surface area contributed by atoms with Gasteiger partial charge in [0.25, 0.3) is 0 Å². The van der Waals surface area contributed by atoms with Gasteiger partial charge in [0.1, 0.15) is 5.75 Å². The maximum absolute atomic E-state index is 6.07. The van der Waals surface area contributed by atoms with Crippen molar-refractivity contribution in [2.24, 2.45) is 17.8 Å². The van der Waals surface area contributed by atoms with Crippen molar-refractivity contribution in [1.82, 2.24) is 4.90 Å². The number of likely N-dealkylation sites (tertiary alicyclic amines) is 1. The first-order chi connectivity index (χ1) is 11.9. The fraction of sp³-hybridized carbons (Fsp3) is 0.478. The summed E-state index contributed by atoms with van der Waals surface area (Å²) < 4.78 is 6.07. The van der Waals surface area contributed by atoms with Gasteiger partial charge in [-0.25, -0.2) is 0 Å². The normalized spacial score (nSPS) is 25.7. The summed E-state index contributed by atoms with van der Waals surface area (Å²) in [4.78, 5) is 2.44. The van der Waals surface area contributed by atoms with E-state index in [2.05, 4.69) is 81.2 Å². The molecule has 1 aliphatic heterocycles. The molecule has 1 saturated carbocycles. The van der Waals surface area contributed by atoms with Gasteiger partial charge in [-0.1, -0.05) is 55.8 Å². The first-order valence-corrected chi connectivity index (χ1v) is 9.44. The molecular weight excluding hydrogens is 306 g/mol. The second-order valence-corrected chi connectivity index (χ2v) is 8.54. The van der Waals surface area contributed by atoms with E-state index >= 15 is 0 Å². The summed E-state index contributed by atoms with van der Waals surface area (Å²) in [7, 11) is 2.22. The molecule has 132 valence electrons. The van der Waals surface area contributed by atoms with Crippen molar-refractivity contribution < 1.29 is 4.74 Å². The molecule has 0 spiro atoms. The van der Waals surface area contributed by atoms with E-state index in [9.17, 15) is 0 Å². The molecule has 2 atom stereocenters. The summed E-state index contributed by atoms with van der Waals surface area (Å²) in [5, 5.41) is 0. The van der Waals surface area contributed by atoms with Gasteiger partial charge in [0.15, 0.2) is 0 Å². The Morgan fingerprint density at radius 3 is 2.00 bits per heavy atom. The van der Waals surface area contributed by atoms with Gasteiger partial charge < -0.3 is 9.64 Å². The standard InChI is InChI=1S/C23H29NO/c1-16-5-7-17(8-6-16)23(2,3)18-9-11-19(12-10-18)25-15-22-20-13-24(4)14-21(20)22/h5-12,20-22H,13-15H2,1-4H3. The van der Waals surface area contributed by atoms with Crippen LogP contribution in [-0.4, -0.2) is 31.6 Å². The lowest BCUT2D eigenvalue weighted by molar-refractivity contribution is 0.253. The van der Waals surface area contributed by atoms with Gasteiger partial charge in [-0.15, -0.1) is 0 Å². The van der Waals surface area contributed by atoms with E-state index in [0.29, 0.717) is 0 Å². The number of hydrogen-bond acceptors (Lipinski definition) is 2. The zero-order valence-electron chi connectivity index (χ0n) is 15.8. The lowest BCUT2D eigenvalue weighted by atomic mass is 9.78. The Bertz CT molecular complexity index is 720. The van der Waals surface area contributed by atoms with Crippen molar-refractivity contribution in [3.05, 3.63) is 65.2 Å². The van der Waals surface area contributed by atoms with Crippen molar-refractivity contribution in [2.45, 2.75) is 26.2 Å². The SMILES string of the molecule is Cc1ccc(C(C)(C)c2ccc(OCC3C4CN(C)CC34)cc2)cc1. The zero-order chi connectivity index (χ0) is 17.6. The van der Waals surface area contributed by atoms with E-state index in [4.69, 9.17) is 4.74 Å². The molecule has 0 N–H and O–H groups in total. The van der Waals surface area contributed by atoms with Crippen molar-refractivity contribution in [3.8, 4) is 5.75 Å². The monoisotopic (exact) mass is 335 g/mol. The highest BCUT2D eigenvalue weighted by Crippen LogP contribution is 2.51. The highest BCUT2D eigenvalue weighted by molar-refractivity contribution is 5.40. The number of aryl methyl sites for hydroxylation is 1. The fourth-order valence-corrected chi connectivity index (χ4v) is 4.40. The molecule has 0 radical (unpaired) electrons. The molecule has 2 fully saturated rings. The predicted octanol–water partition coefficient (Wildman–Crippen LogP) is 4.51. The van der Waals surface area contributed by atoms with Crippen LogP contribution in [-0.2, 0) is 5.41 Å². The van der Waals surface area contributed by atoms with Crippen LogP contribution in [0.5, 0.6) is 5.75 Å². The van der Waals surface area contributed by atoms with Gasteiger partial charge in [0.2, 0.25) is 0 Å². The third kappa shape index (κ3) is 3.20. The van der Waals surface area contributed by atoms with Crippen LogP contribution in [0.4, 0.5) is 0 Å². The van der Waals surface area contributed by atoms with Crippen molar-refractivity contribution >= 4 is 0 Å². The van der Waals surface area contributed by atoms with Crippen LogP contribution in [0.25, 0.3) is 0 Å². The van der Waals surface area contributed by atoms with Crippen LogP contribution < -0.4 is 4.74 Å². The molecule has 25 heavy (non-hydrogen) atoms. The molecule has 1 aliphatic carbocycles. The summed E-state index contributed by atoms with van der Waals surface area (Å²) in [5.41, 5.74) is 3.99. The maximum atomic E-state index is 6.07. The second kappa shape index (κ2) is 6.17. The fourth-order valence-electron chi connectivity index (χ4n) is 4.40. The minimum Gasteiger partial charge on any atom is -0.493 e. The third-order valence-electron chi connectivity index (χ3n) is 6.35. The van der Waals surface area contributed by atoms with Crippen LogP contribution in [0.2, 0.25) is 0 Å². The van der Waals surface area contributed by atoms with Crippen LogP contribution in [0.15, 0.2) is 48.5 Å². The third-order valence-corrected chi connectivity index (χ3v) is 6.35. The molecule has 2 aliphatic rings. The molecule has 0 aromatic heterocycles. The number of rotatable bonds is 5. The first kappa shape index (κ1) is 16.7. The Kier molecular flexibility index (Phi) is 4.11. The summed E-state index contributed by atoms with van der Waals surface area (Å²) in [6, 6.07) is 17.6. The predicted molar refractivity (Wildman–Crippen MR) is 103 cm³/mol. The number of ether oxygens (including phenoxy) is 1. The lowest BCUT2D eigenvalue weighted by Gasteiger charge is -2.26. The molecule has 0 amide bonds. The molecule has 2 unspecified atom stereocenters. The molecule has 2 aromatic rings. The van der Waals surface area contributed by atoms with E-state index in [1.165, 1.54) is 29.8 Å². The summed E-state index contributed by atoms with van der Waals surface area (Å²) in [6.07, 6.45) is 0. The molecule has 1 heterocycles. The van der Waals surface area contributed by atoms with Crippen LogP contribution in [0.1, 0.15) is 30.5 Å². The van der Waals surface area contributed by atoms with Gasteiger partial charge >= 0.3 is 0 Å². The Labute approximate surface area is 151 Å². The van der Waals surface area contributed by atoms with Crippen molar-refractivity contribution in [3.63, 3.8) is 0 Å². The van der Waals surface area contributed by atoms with Gasteiger partial charge in [-0.05, 0) is 49.1 Å². The van der Waals surface area contributed by atoms with Crippen molar-refractivity contribution in [2.75, 3.05) is 26.7 Å². The zero-order valence-corrected chi connectivity index (χ0v) is 15.8. The Morgan fingerprint density at radius 2 is 1.44 bits per heavy atom. The summed E-state index contributed by atoms with van der Waals surface area (Å²) in [5.74, 6) is 3.54. The molecule has 4 rings (SSSR count). The number of piperidine rings is 1. The molecular formula is C23H29NO. The summed E-state index contributed by atoms with van der Waals surface area (Å²) in [6.45, 7) is 10.1. The highest BCUT2D eigenvalue weighted by Gasteiger charge is 2.54. The van der Waals surface area contributed by atoms with Crippen molar-refractivity contribution in [1.29, 1.82) is 0 Å². The molecule has 2 nitrogen and oxygen atoms in total. The average molecular weight is 335 g/mol. The summed E-state index contributed by atoms with van der Waals surface area (Å²) >= 11 is 0. The maximum Gasteiger partial charge on any atom is 0.119 e. The van der Waals surface area contributed by atoms with Gasteiger partial charge in [0, 0.05) is 24.4 Å². The quantitative estimate of drug-likeness (QED) is 0.797. The first-order valence-electron chi connectivity index (χ1n) is 9.44. The van der Waals surface area contributed by atoms with E-state index in [0.717, 1.165) is 30.1 Å². The second-order valence-electron chi connectivity index (χ2n) is 8.54. The number of hydrogen-bond donors (Lipinski definition) is 0. The topological polar surface area (TPSA) is 12.5 Å².